The predicted molar refractivity (Wildman–Crippen MR) is 138 cm³/mol. The van der Waals surface area contributed by atoms with Gasteiger partial charge in [-0.1, -0.05) is 72.9 Å². The van der Waals surface area contributed by atoms with Crippen molar-refractivity contribution < 1.29 is 14.3 Å². The van der Waals surface area contributed by atoms with Gasteiger partial charge in [-0.25, -0.2) is 4.79 Å². The molecule has 4 nitrogen and oxygen atoms in total. The Labute approximate surface area is 209 Å². The Kier molecular flexibility index (Phi) is 7.51. The van der Waals surface area contributed by atoms with E-state index in [0.29, 0.717) is 39.0 Å². The molecule has 0 radical (unpaired) electrons. The summed E-state index contributed by atoms with van der Waals surface area (Å²) in [5, 5.41) is 0.993. The molecule has 0 saturated carbocycles. The number of rotatable bonds is 7. The van der Waals surface area contributed by atoms with Crippen molar-refractivity contribution in [3.8, 4) is 0 Å². The van der Waals surface area contributed by atoms with E-state index in [0.717, 1.165) is 24.1 Å². The second kappa shape index (κ2) is 10.7. The molecule has 3 aromatic rings. The largest absolute Gasteiger partial charge is 0.462 e. The molecular formula is C28H23Cl2NO3. The molecule has 0 fully saturated rings. The third kappa shape index (κ3) is 5.24. The molecule has 1 aliphatic heterocycles. The minimum atomic E-state index is -0.371. The van der Waals surface area contributed by atoms with Gasteiger partial charge >= 0.3 is 5.97 Å². The van der Waals surface area contributed by atoms with Gasteiger partial charge in [-0.05, 0) is 66.1 Å². The lowest BCUT2D eigenvalue weighted by molar-refractivity contribution is -0.113. The van der Waals surface area contributed by atoms with E-state index in [1.54, 1.807) is 53.4 Å². The molecule has 0 aromatic heterocycles. The van der Waals surface area contributed by atoms with Crippen molar-refractivity contribution in [3.63, 3.8) is 0 Å². The fourth-order valence-corrected chi connectivity index (χ4v) is 4.08. The summed E-state index contributed by atoms with van der Waals surface area (Å²) in [7, 11) is 0. The fourth-order valence-electron chi connectivity index (χ4n) is 3.62. The lowest BCUT2D eigenvalue weighted by atomic mass is 10.1. The molecule has 6 heteroatoms. The molecule has 0 spiro atoms. The number of unbranched alkanes of at least 4 members (excludes halogenated alkanes) is 1. The van der Waals surface area contributed by atoms with Crippen LogP contribution in [0.25, 0.3) is 11.8 Å². The van der Waals surface area contributed by atoms with Crippen LogP contribution in [0.5, 0.6) is 0 Å². The van der Waals surface area contributed by atoms with Crippen LogP contribution < -0.4 is 4.90 Å². The highest BCUT2D eigenvalue weighted by Gasteiger charge is 2.30. The number of anilines is 1. The van der Waals surface area contributed by atoms with Crippen LogP contribution in [0.2, 0.25) is 10.0 Å². The van der Waals surface area contributed by atoms with E-state index in [2.05, 4.69) is 0 Å². The van der Waals surface area contributed by atoms with Crippen LogP contribution >= 0.6 is 23.2 Å². The first-order valence-electron chi connectivity index (χ1n) is 11.0. The maximum atomic E-state index is 13.5. The molecule has 0 aliphatic carbocycles. The van der Waals surface area contributed by atoms with Gasteiger partial charge in [0.2, 0.25) is 0 Å². The average Bonchev–Trinajstić information content (AvgIpc) is 3.17. The van der Waals surface area contributed by atoms with Gasteiger partial charge in [-0.15, -0.1) is 0 Å². The first kappa shape index (κ1) is 23.8. The second-order valence-corrected chi connectivity index (χ2v) is 8.68. The molecule has 1 heterocycles. The molecule has 0 N–H and O–H groups in total. The number of hydrogen-bond acceptors (Lipinski definition) is 3. The van der Waals surface area contributed by atoms with Crippen molar-refractivity contribution in [2.75, 3.05) is 11.5 Å². The van der Waals surface area contributed by atoms with Gasteiger partial charge in [-0.3, -0.25) is 9.69 Å². The lowest BCUT2D eigenvalue weighted by Crippen LogP contribution is -2.25. The SMILES string of the molecule is CCCCOC(=O)c1ccc(N2C(=O)/C(=C/c3ccc(Cl)cc3Cl)C=C2c2ccccc2)cc1. The fraction of sp³-hybridized carbons (Fsp3) is 0.143. The number of ether oxygens (including phenoxy) is 1. The Morgan fingerprint density at radius 3 is 2.41 bits per heavy atom. The molecule has 172 valence electrons. The maximum Gasteiger partial charge on any atom is 0.338 e. The summed E-state index contributed by atoms with van der Waals surface area (Å²) in [4.78, 5) is 27.4. The van der Waals surface area contributed by atoms with Gasteiger partial charge in [0.15, 0.2) is 0 Å². The van der Waals surface area contributed by atoms with E-state index in [4.69, 9.17) is 27.9 Å². The van der Waals surface area contributed by atoms with Crippen LogP contribution in [-0.4, -0.2) is 18.5 Å². The zero-order chi connectivity index (χ0) is 24.1. The smallest absolute Gasteiger partial charge is 0.338 e. The van der Waals surface area contributed by atoms with E-state index in [1.807, 2.05) is 43.3 Å². The number of amides is 1. The van der Waals surface area contributed by atoms with Crippen LogP contribution in [0.4, 0.5) is 5.69 Å². The van der Waals surface area contributed by atoms with Gasteiger partial charge in [0, 0.05) is 21.3 Å². The van der Waals surface area contributed by atoms with Gasteiger partial charge < -0.3 is 4.74 Å². The first-order chi connectivity index (χ1) is 16.5. The summed E-state index contributed by atoms with van der Waals surface area (Å²) < 4.78 is 5.29. The summed E-state index contributed by atoms with van der Waals surface area (Å²) >= 11 is 12.4. The zero-order valence-electron chi connectivity index (χ0n) is 18.6. The summed E-state index contributed by atoms with van der Waals surface area (Å²) in [6.45, 7) is 2.43. The van der Waals surface area contributed by atoms with Gasteiger partial charge in [-0.2, -0.15) is 0 Å². The summed E-state index contributed by atoms with van der Waals surface area (Å²) in [5.41, 5.74) is 3.91. The lowest BCUT2D eigenvalue weighted by Gasteiger charge is -2.21. The Bertz CT molecular complexity index is 1260. The number of hydrogen-bond donors (Lipinski definition) is 0. The molecule has 1 amide bonds. The van der Waals surface area contributed by atoms with Crippen LogP contribution in [0.15, 0.2) is 84.4 Å². The minimum absolute atomic E-state index is 0.192. The number of halogens is 2. The highest BCUT2D eigenvalue weighted by Crippen LogP contribution is 2.36. The van der Waals surface area contributed by atoms with Crippen molar-refractivity contribution in [1.29, 1.82) is 0 Å². The second-order valence-electron chi connectivity index (χ2n) is 7.84. The van der Waals surface area contributed by atoms with E-state index >= 15 is 0 Å². The summed E-state index contributed by atoms with van der Waals surface area (Å²) in [6.07, 6.45) is 5.37. The molecule has 34 heavy (non-hydrogen) atoms. The number of carbonyl (C=O) groups excluding carboxylic acids is 2. The third-order valence-electron chi connectivity index (χ3n) is 5.42. The minimum Gasteiger partial charge on any atom is -0.462 e. The van der Waals surface area contributed by atoms with Crippen molar-refractivity contribution in [3.05, 3.63) is 111 Å². The highest BCUT2D eigenvalue weighted by molar-refractivity contribution is 6.35. The highest BCUT2D eigenvalue weighted by atomic mass is 35.5. The Morgan fingerprint density at radius 1 is 1.00 bits per heavy atom. The van der Waals surface area contributed by atoms with Crippen molar-refractivity contribution in [2.45, 2.75) is 19.8 Å². The van der Waals surface area contributed by atoms with Crippen molar-refractivity contribution >= 4 is 52.5 Å². The predicted octanol–water partition coefficient (Wildman–Crippen LogP) is 7.42. The molecule has 0 unspecified atom stereocenters. The van der Waals surface area contributed by atoms with E-state index < -0.39 is 0 Å². The van der Waals surface area contributed by atoms with Crippen molar-refractivity contribution in [1.82, 2.24) is 0 Å². The summed E-state index contributed by atoms with van der Waals surface area (Å²) in [5.74, 6) is -0.562. The number of carbonyl (C=O) groups is 2. The normalized spacial score (nSPS) is 14.4. The van der Waals surface area contributed by atoms with E-state index in [1.165, 1.54) is 0 Å². The zero-order valence-corrected chi connectivity index (χ0v) is 20.1. The molecule has 3 aromatic carbocycles. The van der Waals surface area contributed by atoms with Crippen LogP contribution in [0.1, 0.15) is 41.3 Å². The Morgan fingerprint density at radius 2 is 1.74 bits per heavy atom. The van der Waals surface area contributed by atoms with E-state index in [-0.39, 0.29) is 11.9 Å². The molecule has 1 aliphatic rings. The Hall–Kier alpha value is -3.34. The standard InChI is InChI=1S/C28H23Cl2NO3/c1-2-3-15-34-28(33)20-10-13-24(14-11-20)31-26(19-7-5-4-6-8-19)17-22(27(31)32)16-21-9-12-23(29)18-25(21)30/h4-14,16-18H,2-3,15H2,1H3/b22-16+. The number of benzene rings is 3. The van der Waals surface area contributed by atoms with Gasteiger partial charge in [0.25, 0.3) is 5.91 Å². The topological polar surface area (TPSA) is 46.6 Å². The van der Waals surface area contributed by atoms with E-state index in [9.17, 15) is 9.59 Å². The van der Waals surface area contributed by atoms with Crippen LogP contribution in [0, 0.1) is 0 Å². The van der Waals surface area contributed by atoms with Gasteiger partial charge in [0.05, 0.1) is 17.9 Å². The van der Waals surface area contributed by atoms with Crippen LogP contribution in [-0.2, 0) is 9.53 Å². The molecule has 0 bridgehead atoms. The molecule has 0 atom stereocenters. The third-order valence-corrected chi connectivity index (χ3v) is 5.98. The first-order valence-corrected chi connectivity index (χ1v) is 11.8. The van der Waals surface area contributed by atoms with Crippen molar-refractivity contribution in [2.24, 2.45) is 0 Å². The molecular weight excluding hydrogens is 469 g/mol. The van der Waals surface area contributed by atoms with Gasteiger partial charge in [0.1, 0.15) is 0 Å². The quantitative estimate of drug-likeness (QED) is 0.196. The molecule has 0 saturated heterocycles. The monoisotopic (exact) mass is 491 g/mol. The number of esters is 1. The summed E-state index contributed by atoms with van der Waals surface area (Å²) in [6, 6.07) is 21.7. The average molecular weight is 492 g/mol. The Balaban J connectivity index is 1.68. The number of nitrogens with zero attached hydrogens (tertiary/aromatic N) is 1. The van der Waals surface area contributed by atoms with Crippen LogP contribution in [0.3, 0.4) is 0 Å². The maximum absolute atomic E-state index is 13.5. The molecule has 4 rings (SSSR count).